The van der Waals surface area contributed by atoms with Gasteiger partial charge in [-0.3, -0.25) is 4.72 Å². The summed E-state index contributed by atoms with van der Waals surface area (Å²) in [6.07, 6.45) is 0. The summed E-state index contributed by atoms with van der Waals surface area (Å²) in [5.41, 5.74) is 0.897. The lowest BCUT2D eigenvalue weighted by Gasteiger charge is -2.14. The molecule has 0 aromatic heterocycles. The molecular formula is C17H19NO6S. The molecule has 134 valence electrons. The van der Waals surface area contributed by atoms with Gasteiger partial charge in [0.15, 0.2) is 0 Å². The Morgan fingerprint density at radius 1 is 1.00 bits per heavy atom. The van der Waals surface area contributed by atoms with Crippen molar-refractivity contribution in [1.29, 1.82) is 0 Å². The van der Waals surface area contributed by atoms with Crippen LogP contribution < -0.4 is 14.2 Å². The van der Waals surface area contributed by atoms with Gasteiger partial charge in [-0.2, -0.15) is 0 Å². The average Bonchev–Trinajstić information content (AvgIpc) is 2.61. The van der Waals surface area contributed by atoms with Crippen molar-refractivity contribution in [2.24, 2.45) is 0 Å². The van der Waals surface area contributed by atoms with E-state index in [2.05, 4.69) is 9.46 Å². The fourth-order valence-corrected chi connectivity index (χ4v) is 3.56. The number of sulfonamides is 1. The Hall–Kier alpha value is -2.74. The van der Waals surface area contributed by atoms with Crippen molar-refractivity contribution < 1.29 is 27.4 Å². The maximum absolute atomic E-state index is 12.8. The number of hydrogen-bond donors (Lipinski definition) is 1. The monoisotopic (exact) mass is 365 g/mol. The molecule has 0 unspecified atom stereocenters. The molecule has 0 heterocycles. The zero-order valence-corrected chi connectivity index (χ0v) is 15.1. The average molecular weight is 365 g/mol. The highest BCUT2D eigenvalue weighted by Crippen LogP contribution is 2.31. The quantitative estimate of drug-likeness (QED) is 0.791. The van der Waals surface area contributed by atoms with Crippen molar-refractivity contribution >= 4 is 21.7 Å². The minimum absolute atomic E-state index is 0.0201. The van der Waals surface area contributed by atoms with E-state index in [4.69, 9.17) is 9.47 Å². The lowest BCUT2D eigenvalue weighted by atomic mass is 10.1. The van der Waals surface area contributed by atoms with Crippen molar-refractivity contribution in [1.82, 2.24) is 0 Å². The number of methoxy groups -OCH3 is 3. The SMILES string of the molecule is COC(=O)c1ccc(C)c(S(=O)(=O)Nc2ccc(OC)cc2OC)c1. The number of carbonyl (C=O) groups is 1. The minimum atomic E-state index is -3.94. The summed E-state index contributed by atoms with van der Waals surface area (Å²) in [6, 6.07) is 9.04. The summed E-state index contributed by atoms with van der Waals surface area (Å²) in [5.74, 6) is 0.229. The summed E-state index contributed by atoms with van der Waals surface area (Å²) in [6.45, 7) is 1.64. The first kappa shape index (κ1) is 18.6. The molecule has 25 heavy (non-hydrogen) atoms. The van der Waals surface area contributed by atoms with Crippen molar-refractivity contribution in [3.63, 3.8) is 0 Å². The second-order valence-electron chi connectivity index (χ2n) is 5.14. The number of benzene rings is 2. The van der Waals surface area contributed by atoms with E-state index in [1.165, 1.54) is 39.5 Å². The highest BCUT2D eigenvalue weighted by molar-refractivity contribution is 7.92. The van der Waals surface area contributed by atoms with E-state index in [9.17, 15) is 13.2 Å². The van der Waals surface area contributed by atoms with Crippen LogP contribution in [0.25, 0.3) is 0 Å². The van der Waals surface area contributed by atoms with Gasteiger partial charge in [0.25, 0.3) is 10.0 Å². The molecular weight excluding hydrogens is 346 g/mol. The Bertz CT molecular complexity index is 892. The number of nitrogens with one attached hydrogen (secondary N) is 1. The number of ether oxygens (including phenoxy) is 3. The van der Waals surface area contributed by atoms with Gasteiger partial charge in [-0.25, -0.2) is 13.2 Å². The maximum Gasteiger partial charge on any atom is 0.337 e. The van der Waals surface area contributed by atoms with Crippen LogP contribution in [0.15, 0.2) is 41.3 Å². The number of anilines is 1. The van der Waals surface area contributed by atoms with Gasteiger partial charge in [0.05, 0.1) is 37.5 Å². The predicted octanol–water partition coefficient (Wildman–Crippen LogP) is 2.60. The molecule has 0 radical (unpaired) electrons. The molecule has 0 amide bonds. The second kappa shape index (κ2) is 7.43. The molecule has 0 aliphatic carbocycles. The number of aryl methyl sites for hydroxylation is 1. The molecule has 1 N–H and O–H groups in total. The molecule has 0 aliphatic heterocycles. The van der Waals surface area contributed by atoms with E-state index in [-0.39, 0.29) is 16.1 Å². The number of esters is 1. The third-order valence-electron chi connectivity index (χ3n) is 3.55. The minimum Gasteiger partial charge on any atom is -0.497 e. The first-order valence-corrected chi connectivity index (χ1v) is 8.74. The maximum atomic E-state index is 12.8. The van der Waals surface area contributed by atoms with E-state index >= 15 is 0 Å². The number of rotatable bonds is 6. The number of hydrogen-bond acceptors (Lipinski definition) is 6. The van der Waals surface area contributed by atoms with E-state index in [1.54, 1.807) is 25.1 Å². The Kier molecular flexibility index (Phi) is 5.53. The van der Waals surface area contributed by atoms with Gasteiger partial charge >= 0.3 is 5.97 Å². The zero-order chi connectivity index (χ0) is 18.6. The third kappa shape index (κ3) is 4.03. The molecule has 0 atom stereocenters. The Balaban J connectivity index is 2.45. The van der Waals surface area contributed by atoms with Crippen LogP contribution in [-0.4, -0.2) is 35.7 Å². The van der Waals surface area contributed by atoms with E-state index in [0.29, 0.717) is 17.1 Å². The molecule has 0 bridgehead atoms. The summed E-state index contributed by atoms with van der Waals surface area (Å²) >= 11 is 0. The third-order valence-corrected chi connectivity index (χ3v) is 5.06. The lowest BCUT2D eigenvalue weighted by Crippen LogP contribution is -2.16. The van der Waals surface area contributed by atoms with Gasteiger partial charge in [-0.05, 0) is 36.8 Å². The largest absolute Gasteiger partial charge is 0.497 e. The standard InChI is InChI=1S/C17H19NO6S/c1-11-5-6-12(17(19)24-4)9-16(11)25(20,21)18-14-8-7-13(22-2)10-15(14)23-3/h5-10,18H,1-4H3. The topological polar surface area (TPSA) is 90.9 Å². The summed E-state index contributed by atoms with van der Waals surface area (Å²) in [5, 5.41) is 0. The highest BCUT2D eigenvalue weighted by Gasteiger charge is 2.21. The van der Waals surface area contributed by atoms with Crippen molar-refractivity contribution in [3.05, 3.63) is 47.5 Å². The van der Waals surface area contributed by atoms with Gasteiger partial charge in [-0.15, -0.1) is 0 Å². The van der Waals surface area contributed by atoms with E-state index in [1.807, 2.05) is 0 Å². The van der Waals surface area contributed by atoms with Crippen molar-refractivity contribution in [2.75, 3.05) is 26.1 Å². The molecule has 2 aromatic rings. The normalized spacial score (nSPS) is 10.9. The summed E-state index contributed by atoms with van der Waals surface area (Å²) in [4.78, 5) is 11.6. The van der Waals surface area contributed by atoms with Gasteiger partial charge in [-0.1, -0.05) is 6.07 Å². The van der Waals surface area contributed by atoms with Gasteiger partial charge in [0.1, 0.15) is 11.5 Å². The smallest absolute Gasteiger partial charge is 0.337 e. The first-order chi connectivity index (χ1) is 11.8. The Morgan fingerprint density at radius 2 is 1.72 bits per heavy atom. The fourth-order valence-electron chi connectivity index (χ4n) is 2.22. The fraction of sp³-hybridized carbons (Fsp3) is 0.235. The molecule has 0 spiro atoms. The van der Waals surface area contributed by atoms with Crippen LogP contribution in [0.2, 0.25) is 0 Å². The first-order valence-electron chi connectivity index (χ1n) is 7.26. The molecule has 8 heteroatoms. The van der Waals surface area contributed by atoms with E-state index in [0.717, 1.165) is 0 Å². The van der Waals surface area contributed by atoms with Crippen molar-refractivity contribution in [2.45, 2.75) is 11.8 Å². The van der Waals surface area contributed by atoms with Crippen molar-refractivity contribution in [3.8, 4) is 11.5 Å². The van der Waals surface area contributed by atoms with Crippen LogP contribution in [0.3, 0.4) is 0 Å². The van der Waals surface area contributed by atoms with Gasteiger partial charge in [0.2, 0.25) is 0 Å². The molecule has 0 aliphatic rings. The van der Waals surface area contributed by atoms with E-state index < -0.39 is 16.0 Å². The molecule has 0 fully saturated rings. The van der Waals surface area contributed by atoms with Gasteiger partial charge in [0, 0.05) is 6.07 Å². The van der Waals surface area contributed by atoms with Crippen LogP contribution in [0.1, 0.15) is 15.9 Å². The van der Waals surface area contributed by atoms with Crippen LogP contribution >= 0.6 is 0 Å². The lowest BCUT2D eigenvalue weighted by molar-refractivity contribution is 0.0600. The summed E-state index contributed by atoms with van der Waals surface area (Å²) in [7, 11) is 0.221. The predicted molar refractivity (Wildman–Crippen MR) is 92.9 cm³/mol. The second-order valence-corrected chi connectivity index (χ2v) is 6.79. The van der Waals surface area contributed by atoms with Crippen LogP contribution in [0, 0.1) is 6.92 Å². The van der Waals surface area contributed by atoms with Crippen LogP contribution in [-0.2, 0) is 14.8 Å². The molecule has 0 saturated heterocycles. The van der Waals surface area contributed by atoms with Crippen LogP contribution in [0.5, 0.6) is 11.5 Å². The molecule has 2 rings (SSSR count). The van der Waals surface area contributed by atoms with Gasteiger partial charge < -0.3 is 14.2 Å². The molecule has 0 saturated carbocycles. The number of carbonyl (C=O) groups excluding carboxylic acids is 1. The Labute approximate surface area is 146 Å². The summed E-state index contributed by atoms with van der Waals surface area (Å²) < 4.78 is 42.9. The van der Waals surface area contributed by atoms with Crippen LogP contribution in [0.4, 0.5) is 5.69 Å². The highest BCUT2D eigenvalue weighted by atomic mass is 32.2. The molecule has 2 aromatic carbocycles. The zero-order valence-electron chi connectivity index (χ0n) is 14.3. The molecule has 7 nitrogen and oxygen atoms in total. The Morgan fingerprint density at radius 3 is 2.32 bits per heavy atom.